The van der Waals surface area contributed by atoms with E-state index in [9.17, 15) is 22.4 Å². The van der Waals surface area contributed by atoms with Gasteiger partial charge in [0.25, 0.3) is 10.0 Å². The van der Waals surface area contributed by atoms with Gasteiger partial charge < -0.3 is 19.7 Å². The van der Waals surface area contributed by atoms with Crippen molar-refractivity contribution < 1.29 is 31.9 Å². The van der Waals surface area contributed by atoms with E-state index >= 15 is 0 Å². The van der Waals surface area contributed by atoms with E-state index in [1.165, 1.54) is 49.5 Å². The molecule has 0 unspecified atom stereocenters. The summed E-state index contributed by atoms with van der Waals surface area (Å²) in [6.07, 6.45) is 1.16. The van der Waals surface area contributed by atoms with Crippen molar-refractivity contribution in [1.29, 1.82) is 0 Å². The van der Waals surface area contributed by atoms with Crippen LogP contribution in [0.2, 0.25) is 0 Å². The van der Waals surface area contributed by atoms with Gasteiger partial charge in [0.1, 0.15) is 18.4 Å². The maximum absolute atomic E-state index is 14.0. The number of nitrogens with zero attached hydrogens (tertiary/aromatic N) is 2. The lowest BCUT2D eigenvalue weighted by Crippen LogP contribution is -2.53. The first-order valence-electron chi connectivity index (χ1n) is 13.7. The number of rotatable bonds is 14. The third-order valence-electron chi connectivity index (χ3n) is 6.99. The second-order valence-electron chi connectivity index (χ2n) is 9.82. The first-order chi connectivity index (χ1) is 20.0. The zero-order valence-electron chi connectivity index (χ0n) is 24.5. The average molecular weight is 600 g/mol. The van der Waals surface area contributed by atoms with Crippen LogP contribution in [-0.2, 0) is 26.0 Å². The van der Waals surface area contributed by atoms with Gasteiger partial charge in [-0.3, -0.25) is 13.9 Å². The monoisotopic (exact) mass is 599 g/mol. The molecule has 0 aliphatic carbocycles. The molecule has 0 fully saturated rings. The molecular weight excluding hydrogens is 561 g/mol. The van der Waals surface area contributed by atoms with Crippen LogP contribution in [0.5, 0.6) is 11.5 Å². The minimum atomic E-state index is -4.36. The van der Waals surface area contributed by atoms with Gasteiger partial charge in [-0.15, -0.1) is 0 Å². The molecule has 0 aliphatic heterocycles. The summed E-state index contributed by atoms with van der Waals surface area (Å²) in [5.41, 5.74) is 1.04. The molecule has 9 nitrogen and oxygen atoms in total. The first-order valence-corrected chi connectivity index (χ1v) is 15.1. The third-order valence-corrected chi connectivity index (χ3v) is 8.76. The van der Waals surface area contributed by atoms with Gasteiger partial charge in [0, 0.05) is 18.7 Å². The van der Waals surface area contributed by atoms with E-state index in [4.69, 9.17) is 9.47 Å². The van der Waals surface area contributed by atoms with E-state index < -0.39 is 34.3 Å². The van der Waals surface area contributed by atoms with Crippen LogP contribution in [-0.4, -0.2) is 64.5 Å². The smallest absolute Gasteiger partial charge is 0.264 e. The molecule has 0 saturated heterocycles. The topological polar surface area (TPSA) is 105 Å². The minimum absolute atomic E-state index is 0.0826. The number of nitrogens with one attached hydrogen (secondary N) is 1. The summed E-state index contributed by atoms with van der Waals surface area (Å²) in [6.45, 7) is 4.97. The van der Waals surface area contributed by atoms with Crippen LogP contribution < -0.4 is 19.1 Å². The zero-order valence-corrected chi connectivity index (χ0v) is 25.4. The van der Waals surface area contributed by atoms with Gasteiger partial charge in [0.05, 0.1) is 24.8 Å². The quantitative estimate of drug-likeness (QED) is 0.294. The summed E-state index contributed by atoms with van der Waals surface area (Å²) in [6, 6.07) is 17.4. The minimum Gasteiger partial charge on any atom is -0.493 e. The predicted molar refractivity (Wildman–Crippen MR) is 160 cm³/mol. The second kappa shape index (κ2) is 14.7. The Bertz CT molecular complexity index is 1450. The second-order valence-corrected chi connectivity index (χ2v) is 11.7. The highest BCUT2D eigenvalue weighted by Gasteiger charge is 2.33. The van der Waals surface area contributed by atoms with Gasteiger partial charge >= 0.3 is 0 Å². The Kier molecular flexibility index (Phi) is 11.3. The molecule has 0 radical (unpaired) electrons. The number of carbonyl (C=O) groups excluding carboxylic acids is 2. The van der Waals surface area contributed by atoms with E-state index in [2.05, 4.69) is 5.32 Å². The van der Waals surface area contributed by atoms with Crippen LogP contribution in [0, 0.1) is 5.82 Å². The molecular formula is C31H38FN3O6S. The van der Waals surface area contributed by atoms with Gasteiger partial charge in [-0.25, -0.2) is 12.8 Å². The molecule has 3 aromatic carbocycles. The third kappa shape index (κ3) is 8.00. The molecule has 3 rings (SSSR count). The summed E-state index contributed by atoms with van der Waals surface area (Å²) in [5.74, 6) is -0.987. The lowest BCUT2D eigenvalue weighted by molar-refractivity contribution is -0.139. The first kappa shape index (κ1) is 32.4. The largest absolute Gasteiger partial charge is 0.493 e. The fraction of sp³-hybridized carbons (Fsp3) is 0.355. The highest BCUT2D eigenvalue weighted by atomic mass is 32.2. The van der Waals surface area contributed by atoms with Crippen molar-refractivity contribution in [3.05, 3.63) is 84.2 Å². The standard InChI is InChI=1S/C31H38FN3O6S/c1-6-22(2)33-31(37)23(3)34(19-18-24-10-8-7-9-11-24)30(36)21-35(26-14-12-25(32)13-15-26)42(38,39)27-16-17-28(40-4)29(20-27)41-5/h7-17,20,22-23H,6,18-19,21H2,1-5H3,(H,33,37)/t22-,23+/m1/s1. The predicted octanol–water partition coefficient (Wildman–Crippen LogP) is 4.41. The number of anilines is 1. The summed E-state index contributed by atoms with van der Waals surface area (Å²) >= 11 is 0. The van der Waals surface area contributed by atoms with Gasteiger partial charge in [-0.05, 0) is 68.7 Å². The number of carbonyl (C=O) groups is 2. The Morgan fingerprint density at radius 1 is 0.929 bits per heavy atom. The SMILES string of the molecule is CC[C@@H](C)NC(=O)[C@H](C)N(CCc1ccccc1)C(=O)CN(c1ccc(F)cc1)S(=O)(=O)c1ccc(OC)c(OC)c1. The van der Waals surface area contributed by atoms with Crippen molar-refractivity contribution in [3.8, 4) is 11.5 Å². The number of methoxy groups -OCH3 is 2. The fourth-order valence-electron chi connectivity index (χ4n) is 4.28. The zero-order chi connectivity index (χ0) is 30.9. The number of ether oxygens (including phenoxy) is 2. The lowest BCUT2D eigenvalue weighted by Gasteiger charge is -2.32. The molecule has 0 saturated carbocycles. The number of sulfonamides is 1. The number of benzene rings is 3. The number of amides is 2. The Morgan fingerprint density at radius 2 is 1.57 bits per heavy atom. The summed E-state index contributed by atoms with van der Waals surface area (Å²) < 4.78 is 53.2. The number of hydrogen-bond acceptors (Lipinski definition) is 6. The fourth-order valence-corrected chi connectivity index (χ4v) is 5.71. The Morgan fingerprint density at radius 3 is 2.17 bits per heavy atom. The Hall–Kier alpha value is -4.12. The molecule has 2 amide bonds. The van der Waals surface area contributed by atoms with E-state index in [1.807, 2.05) is 44.2 Å². The van der Waals surface area contributed by atoms with Crippen molar-refractivity contribution in [2.75, 3.05) is 31.6 Å². The molecule has 2 atom stereocenters. The van der Waals surface area contributed by atoms with Crippen molar-refractivity contribution in [1.82, 2.24) is 10.2 Å². The van der Waals surface area contributed by atoms with Crippen molar-refractivity contribution in [2.45, 2.75) is 50.6 Å². The van der Waals surface area contributed by atoms with Crippen LogP contribution >= 0.6 is 0 Å². The molecule has 0 heterocycles. The summed E-state index contributed by atoms with van der Waals surface area (Å²) in [7, 11) is -1.55. The highest BCUT2D eigenvalue weighted by Crippen LogP contribution is 2.32. The molecule has 1 N–H and O–H groups in total. The van der Waals surface area contributed by atoms with E-state index in [0.717, 1.165) is 22.0 Å². The lowest BCUT2D eigenvalue weighted by atomic mass is 10.1. The van der Waals surface area contributed by atoms with Crippen LogP contribution in [0.15, 0.2) is 77.7 Å². The van der Waals surface area contributed by atoms with Crippen molar-refractivity contribution in [2.24, 2.45) is 0 Å². The maximum atomic E-state index is 14.0. The number of halogens is 1. The normalized spacial score (nSPS) is 12.6. The molecule has 0 spiro atoms. The molecule has 3 aromatic rings. The molecule has 226 valence electrons. The van der Waals surface area contributed by atoms with Crippen LogP contribution in [0.1, 0.15) is 32.8 Å². The van der Waals surface area contributed by atoms with Gasteiger partial charge in [-0.2, -0.15) is 0 Å². The van der Waals surface area contributed by atoms with Crippen LogP contribution in [0.4, 0.5) is 10.1 Å². The molecule has 42 heavy (non-hydrogen) atoms. The number of hydrogen-bond donors (Lipinski definition) is 1. The molecule has 11 heteroatoms. The van der Waals surface area contributed by atoms with Crippen LogP contribution in [0.3, 0.4) is 0 Å². The van der Waals surface area contributed by atoms with Crippen molar-refractivity contribution >= 4 is 27.5 Å². The Labute approximate surface area is 247 Å². The maximum Gasteiger partial charge on any atom is 0.264 e. The molecule has 0 aromatic heterocycles. The highest BCUT2D eigenvalue weighted by molar-refractivity contribution is 7.92. The molecule has 0 aliphatic rings. The van der Waals surface area contributed by atoms with Crippen molar-refractivity contribution in [3.63, 3.8) is 0 Å². The van der Waals surface area contributed by atoms with E-state index in [0.29, 0.717) is 18.6 Å². The molecule has 0 bridgehead atoms. The average Bonchev–Trinajstić information content (AvgIpc) is 3.00. The van der Waals surface area contributed by atoms with Gasteiger partial charge in [0.15, 0.2) is 11.5 Å². The summed E-state index contributed by atoms with van der Waals surface area (Å²) in [5, 5.41) is 2.90. The van der Waals surface area contributed by atoms with Gasteiger partial charge in [0.2, 0.25) is 11.8 Å². The van der Waals surface area contributed by atoms with Gasteiger partial charge in [-0.1, -0.05) is 37.3 Å². The van der Waals surface area contributed by atoms with Crippen LogP contribution in [0.25, 0.3) is 0 Å². The Balaban J connectivity index is 2.01. The summed E-state index contributed by atoms with van der Waals surface area (Å²) in [4.78, 5) is 28.3. The van der Waals surface area contributed by atoms with E-state index in [1.54, 1.807) is 6.92 Å². The van der Waals surface area contributed by atoms with E-state index in [-0.39, 0.29) is 34.8 Å².